The molecule has 0 aliphatic carbocycles. The van der Waals surface area contributed by atoms with Crippen molar-refractivity contribution in [3.63, 3.8) is 0 Å². The molecule has 0 saturated carbocycles. The number of hydrogen-bond acceptors (Lipinski definition) is 4. The van der Waals surface area contributed by atoms with Crippen molar-refractivity contribution in [2.24, 2.45) is 4.99 Å². The Morgan fingerprint density at radius 1 is 1.03 bits per heavy atom. The van der Waals surface area contributed by atoms with Crippen molar-refractivity contribution < 1.29 is 18.3 Å². The molecule has 0 aromatic heterocycles. The molecule has 3 rings (SSSR count). The molecule has 2 aromatic carbocycles. The highest BCUT2D eigenvalue weighted by Gasteiger charge is 2.21. The molecule has 0 atom stereocenters. The van der Waals surface area contributed by atoms with Gasteiger partial charge in [0.25, 0.3) is 0 Å². The van der Waals surface area contributed by atoms with Crippen LogP contribution in [0.15, 0.2) is 59.6 Å². The molecule has 1 aliphatic heterocycles. The van der Waals surface area contributed by atoms with Gasteiger partial charge in [-0.2, -0.15) is 8.78 Å². The van der Waals surface area contributed by atoms with Crippen LogP contribution in [0.1, 0.15) is 5.56 Å². The average molecular weight is 431 g/mol. The van der Waals surface area contributed by atoms with Crippen LogP contribution in [0.5, 0.6) is 5.75 Å². The van der Waals surface area contributed by atoms with E-state index in [4.69, 9.17) is 0 Å². The topological polar surface area (TPSA) is 69.2 Å². The smallest absolute Gasteiger partial charge is 0.387 e. The maximum absolute atomic E-state index is 12.6. The summed E-state index contributed by atoms with van der Waals surface area (Å²) in [6.45, 7) is 0.304. The number of anilines is 1. The lowest BCUT2D eigenvalue weighted by Gasteiger charge is -2.36. The molecule has 0 unspecified atom stereocenters. The van der Waals surface area contributed by atoms with Crippen LogP contribution in [0.4, 0.5) is 14.5 Å². The molecular weight excluding hydrogens is 404 g/mol. The molecule has 0 spiro atoms. The zero-order valence-electron chi connectivity index (χ0n) is 17.4. The predicted octanol–water partition coefficient (Wildman–Crippen LogP) is 2.30. The van der Waals surface area contributed by atoms with E-state index >= 15 is 0 Å². The van der Waals surface area contributed by atoms with Crippen LogP contribution in [-0.4, -0.2) is 63.1 Å². The van der Waals surface area contributed by atoms with Gasteiger partial charge in [0, 0.05) is 51.0 Å². The third-order valence-electron chi connectivity index (χ3n) is 5.02. The summed E-state index contributed by atoms with van der Waals surface area (Å²) in [4.78, 5) is 20.7. The van der Waals surface area contributed by atoms with Crippen LogP contribution in [0.3, 0.4) is 0 Å². The summed E-state index contributed by atoms with van der Waals surface area (Å²) in [7, 11) is 1.58. The highest BCUT2D eigenvalue weighted by molar-refractivity contribution is 5.86. The Hall–Kier alpha value is -3.36. The van der Waals surface area contributed by atoms with E-state index in [-0.39, 0.29) is 24.7 Å². The largest absolute Gasteiger partial charge is 0.434 e. The Bertz CT molecular complexity index is 871. The summed E-state index contributed by atoms with van der Waals surface area (Å²) in [5.74, 6) is 0.494. The van der Waals surface area contributed by atoms with Gasteiger partial charge in [0.2, 0.25) is 5.91 Å². The molecule has 1 saturated heterocycles. The van der Waals surface area contributed by atoms with Crippen LogP contribution >= 0.6 is 0 Å². The van der Waals surface area contributed by atoms with Crippen LogP contribution in [0, 0.1) is 0 Å². The fourth-order valence-corrected chi connectivity index (χ4v) is 3.38. The first-order valence-corrected chi connectivity index (χ1v) is 10.1. The van der Waals surface area contributed by atoms with Gasteiger partial charge in [-0.25, -0.2) is 0 Å². The second-order valence-corrected chi connectivity index (χ2v) is 6.97. The van der Waals surface area contributed by atoms with E-state index in [0.717, 1.165) is 18.8 Å². The van der Waals surface area contributed by atoms with Crippen LogP contribution in [0.25, 0.3) is 0 Å². The Morgan fingerprint density at radius 3 is 2.39 bits per heavy atom. The van der Waals surface area contributed by atoms with E-state index in [0.29, 0.717) is 24.6 Å². The summed E-state index contributed by atoms with van der Waals surface area (Å²) in [5.41, 5.74) is 1.72. The number of rotatable bonds is 7. The van der Waals surface area contributed by atoms with Gasteiger partial charge < -0.3 is 25.2 Å². The summed E-state index contributed by atoms with van der Waals surface area (Å²) >= 11 is 0. The molecule has 1 aliphatic rings. The van der Waals surface area contributed by atoms with Gasteiger partial charge in [-0.3, -0.25) is 9.79 Å². The molecule has 0 bridgehead atoms. The number of nitrogens with zero attached hydrogens (tertiary/aromatic N) is 3. The summed E-state index contributed by atoms with van der Waals surface area (Å²) in [5, 5.41) is 6.01. The number of piperazine rings is 1. The minimum Gasteiger partial charge on any atom is -0.434 e. The number of nitrogens with one attached hydrogen (secondary N) is 2. The first-order valence-electron chi connectivity index (χ1n) is 10.1. The molecule has 166 valence electrons. The standard InChI is InChI=1S/C22H27F2N5O2/c1-25-22(26-15-17-7-5-6-10-19(17)31-21(23)24)27-16-20(30)29-13-11-28(12-14-29)18-8-3-2-4-9-18/h2-10,21H,11-16H2,1H3,(H2,25,26,27). The minimum absolute atomic E-state index is 0.0166. The highest BCUT2D eigenvalue weighted by Crippen LogP contribution is 2.20. The van der Waals surface area contributed by atoms with E-state index in [9.17, 15) is 13.6 Å². The van der Waals surface area contributed by atoms with E-state index in [1.165, 1.54) is 6.07 Å². The maximum atomic E-state index is 12.6. The van der Waals surface area contributed by atoms with E-state index in [1.807, 2.05) is 23.1 Å². The van der Waals surface area contributed by atoms with Crippen molar-refractivity contribution >= 4 is 17.6 Å². The van der Waals surface area contributed by atoms with Gasteiger partial charge >= 0.3 is 6.61 Å². The average Bonchev–Trinajstić information content (AvgIpc) is 2.80. The van der Waals surface area contributed by atoms with Gasteiger partial charge in [0.05, 0.1) is 6.54 Å². The number of guanidine groups is 1. The summed E-state index contributed by atoms with van der Waals surface area (Å²) < 4.78 is 29.6. The second kappa shape index (κ2) is 11.1. The Balaban J connectivity index is 1.44. The molecule has 31 heavy (non-hydrogen) atoms. The third-order valence-corrected chi connectivity index (χ3v) is 5.02. The molecule has 1 heterocycles. The molecule has 1 fully saturated rings. The van der Waals surface area contributed by atoms with Gasteiger partial charge in [0.1, 0.15) is 5.75 Å². The Labute approximate surface area is 180 Å². The third kappa shape index (κ3) is 6.56. The van der Waals surface area contributed by atoms with Crippen LogP contribution in [-0.2, 0) is 11.3 Å². The predicted molar refractivity (Wildman–Crippen MR) is 117 cm³/mol. The number of hydrogen-bond donors (Lipinski definition) is 2. The quantitative estimate of drug-likeness (QED) is 0.520. The number of aliphatic imine (C=N–C) groups is 1. The second-order valence-electron chi connectivity index (χ2n) is 6.97. The number of alkyl halides is 2. The van der Waals surface area contributed by atoms with Gasteiger partial charge in [-0.05, 0) is 18.2 Å². The number of carbonyl (C=O) groups excluding carboxylic acids is 1. The van der Waals surface area contributed by atoms with Gasteiger partial charge in [-0.15, -0.1) is 0 Å². The minimum atomic E-state index is -2.89. The Kier molecular flexibility index (Phi) is 8.03. The maximum Gasteiger partial charge on any atom is 0.387 e. The van der Waals surface area contributed by atoms with Crippen molar-refractivity contribution in [3.05, 3.63) is 60.2 Å². The van der Waals surface area contributed by atoms with Gasteiger partial charge in [-0.1, -0.05) is 36.4 Å². The first kappa shape index (κ1) is 22.3. The van der Waals surface area contributed by atoms with E-state index in [1.54, 1.807) is 25.2 Å². The fourth-order valence-electron chi connectivity index (χ4n) is 3.38. The highest BCUT2D eigenvalue weighted by atomic mass is 19.3. The molecule has 2 N–H and O–H groups in total. The van der Waals surface area contributed by atoms with Crippen LogP contribution < -0.4 is 20.3 Å². The summed E-state index contributed by atoms with van der Waals surface area (Å²) in [6, 6.07) is 16.7. The number of para-hydroxylation sites is 2. The van der Waals surface area contributed by atoms with Crippen molar-refractivity contribution in [2.75, 3.05) is 44.7 Å². The number of ether oxygens (including phenoxy) is 1. The molecule has 1 amide bonds. The van der Waals surface area contributed by atoms with Crippen LogP contribution in [0.2, 0.25) is 0 Å². The number of halogens is 2. The normalized spacial score (nSPS) is 14.5. The zero-order chi connectivity index (χ0) is 22.1. The lowest BCUT2D eigenvalue weighted by Crippen LogP contribution is -2.52. The zero-order valence-corrected chi connectivity index (χ0v) is 17.4. The SMILES string of the molecule is CN=C(NCC(=O)N1CCN(c2ccccc2)CC1)NCc1ccccc1OC(F)F. The number of carbonyl (C=O) groups is 1. The molecule has 7 nitrogen and oxygen atoms in total. The number of benzene rings is 2. The lowest BCUT2D eigenvalue weighted by molar-refractivity contribution is -0.130. The Morgan fingerprint density at radius 2 is 1.71 bits per heavy atom. The van der Waals surface area contributed by atoms with E-state index in [2.05, 4.69) is 37.4 Å². The van der Waals surface area contributed by atoms with Crippen molar-refractivity contribution in [1.82, 2.24) is 15.5 Å². The summed E-state index contributed by atoms with van der Waals surface area (Å²) in [6.07, 6.45) is 0. The van der Waals surface area contributed by atoms with E-state index < -0.39 is 6.61 Å². The van der Waals surface area contributed by atoms with Crippen molar-refractivity contribution in [3.8, 4) is 5.75 Å². The lowest BCUT2D eigenvalue weighted by atomic mass is 10.2. The molecule has 2 aromatic rings. The fraction of sp³-hybridized carbons (Fsp3) is 0.364. The number of amides is 1. The monoisotopic (exact) mass is 431 g/mol. The molecule has 9 heteroatoms. The molecular formula is C22H27F2N5O2. The van der Waals surface area contributed by atoms with Gasteiger partial charge in [0.15, 0.2) is 5.96 Å². The first-order chi connectivity index (χ1) is 15.1. The van der Waals surface area contributed by atoms with Crippen molar-refractivity contribution in [1.29, 1.82) is 0 Å². The van der Waals surface area contributed by atoms with Crippen molar-refractivity contribution in [2.45, 2.75) is 13.2 Å². The molecule has 0 radical (unpaired) electrons.